The molecule has 0 saturated carbocycles. The minimum Gasteiger partial charge on any atom is -0.381 e. The molecule has 0 atom stereocenters. The highest BCUT2D eigenvalue weighted by molar-refractivity contribution is 5.46. The van der Waals surface area contributed by atoms with Gasteiger partial charge in [-0.25, -0.2) is 4.39 Å². The first-order valence-corrected chi connectivity index (χ1v) is 5.71. The molecule has 0 aliphatic heterocycles. The normalized spacial score (nSPS) is 10.3. The third kappa shape index (κ3) is 3.06. The van der Waals surface area contributed by atoms with E-state index in [-0.39, 0.29) is 5.82 Å². The van der Waals surface area contributed by atoms with Crippen LogP contribution >= 0.6 is 0 Å². The van der Waals surface area contributed by atoms with E-state index in [1.807, 2.05) is 25.1 Å². The summed E-state index contributed by atoms with van der Waals surface area (Å²) in [5.74, 6) is -0.179. The Hall–Kier alpha value is -1.83. The first-order valence-electron chi connectivity index (χ1n) is 5.71. The minimum atomic E-state index is -0.179. The second-order valence-corrected chi connectivity index (χ2v) is 4.29. The second-order valence-electron chi connectivity index (χ2n) is 4.29. The zero-order valence-electron chi connectivity index (χ0n) is 10.1. The highest BCUT2D eigenvalue weighted by Crippen LogP contribution is 2.14. The van der Waals surface area contributed by atoms with Crippen molar-refractivity contribution in [3.05, 3.63) is 65.0 Å². The SMILES string of the molecule is Cc1cccc(NCc2ccc(F)cc2C)c1. The van der Waals surface area contributed by atoms with Crippen LogP contribution in [0.15, 0.2) is 42.5 Å². The smallest absolute Gasteiger partial charge is 0.123 e. The summed E-state index contributed by atoms with van der Waals surface area (Å²) in [6.45, 7) is 4.71. The zero-order chi connectivity index (χ0) is 12.3. The first kappa shape index (κ1) is 11.6. The summed E-state index contributed by atoms with van der Waals surface area (Å²) in [4.78, 5) is 0. The number of nitrogens with one attached hydrogen (secondary N) is 1. The van der Waals surface area contributed by atoms with E-state index in [1.165, 1.54) is 11.6 Å². The van der Waals surface area contributed by atoms with Crippen molar-refractivity contribution in [1.82, 2.24) is 0 Å². The van der Waals surface area contributed by atoms with Crippen LogP contribution in [0.1, 0.15) is 16.7 Å². The summed E-state index contributed by atoms with van der Waals surface area (Å²) in [5.41, 5.74) is 4.41. The second kappa shape index (κ2) is 5.00. The van der Waals surface area contributed by atoms with Crippen molar-refractivity contribution in [2.75, 3.05) is 5.32 Å². The Morgan fingerprint density at radius 3 is 2.59 bits per heavy atom. The standard InChI is InChI=1S/C15H16FN/c1-11-4-3-5-15(8-11)17-10-13-6-7-14(16)9-12(13)2/h3-9,17H,10H2,1-2H3. The van der Waals surface area contributed by atoms with Gasteiger partial charge in [0.1, 0.15) is 5.82 Å². The third-order valence-electron chi connectivity index (χ3n) is 2.81. The summed E-state index contributed by atoms with van der Waals surface area (Å²) >= 11 is 0. The maximum atomic E-state index is 12.9. The number of anilines is 1. The molecule has 1 N–H and O–H groups in total. The first-order chi connectivity index (χ1) is 8.15. The van der Waals surface area contributed by atoms with Gasteiger partial charge in [0.05, 0.1) is 0 Å². The van der Waals surface area contributed by atoms with Gasteiger partial charge in [0.15, 0.2) is 0 Å². The number of hydrogen-bond acceptors (Lipinski definition) is 1. The molecule has 2 rings (SSSR count). The maximum Gasteiger partial charge on any atom is 0.123 e. The summed E-state index contributed by atoms with van der Waals surface area (Å²) in [6, 6.07) is 13.1. The van der Waals surface area contributed by atoms with Gasteiger partial charge in [-0.3, -0.25) is 0 Å². The average molecular weight is 229 g/mol. The van der Waals surface area contributed by atoms with Gasteiger partial charge in [0, 0.05) is 12.2 Å². The Morgan fingerprint density at radius 2 is 1.88 bits per heavy atom. The number of hydrogen-bond donors (Lipinski definition) is 1. The predicted octanol–water partition coefficient (Wildman–Crippen LogP) is 4.05. The summed E-state index contributed by atoms with van der Waals surface area (Å²) in [6.07, 6.45) is 0. The molecule has 2 heteroatoms. The monoisotopic (exact) mass is 229 g/mol. The Balaban J connectivity index is 2.07. The van der Waals surface area contributed by atoms with E-state index in [9.17, 15) is 4.39 Å². The van der Waals surface area contributed by atoms with E-state index in [0.717, 1.165) is 23.4 Å². The van der Waals surface area contributed by atoms with E-state index in [0.29, 0.717) is 0 Å². The van der Waals surface area contributed by atoms with Crippen LogP contribution in [-0.4, -0.2) is 0 Å². The molecule has 2 aromatic carbocycles. The summed E-state index contributed by atoms with van der Waals surface area (Å²) in [7, 11) is 0. The summed E-state index contributed by atoms with van der Waals surface area (Å²) < 4.78 is 12.9. The van der Waals surface area contributed by atoms with Crippen LogP contribution in [0.2, 0.25) is 0 Å². The lowest BCUT2D eigenvalue weighted by atomic mass is 10.1. The van der Waals surface area contributed by atoms with Crippen LogP contribution in [0, 0.1) is 19.7 Å². The topological polar surface area (TPSA) is 12.0 Å². The van der Waals surface area contributed by atoms with E-state index < -0.39 is 0 Å². The Bertz CT molecular complexity index is 520. The van der Waals surface area contributed by atoms with Crippen LogP contribution in [0.3, 0.4) is 0 Å². The predicted molar refractivity (Wildman–Crippen MR) is 69.6 cm³/mol. The molecule has 0 unspecified atom stereocenters. The Labute approximate surface area is 101 Å². The molecular weight excluding hydrogens is 213 g/mol. The fraction of sp³-hybridized carbons (Fsp3) is 0.200. The largest absolute Gasteiger partial charge is 0.381 e. The van der Waals surface area contributed by atoms with Crippen molar-refractivity contribution < 1.29 is 4.39 Å². The molecule has 0 aliphatic rings. The van der Waals surface area contributed by atoms with Crippen molar-refractivity contribution in [3.63, 3.8) is 0 Å². The zero-order valence-corrected chi connectivity index (χ0v) is 10.1. The van der Waals surface area contributed by atoms with Gasteiger partial charge in [-0.15, -0.1) is 0 Å². The molecule has 0 aromatic heterocycles. The van der Waals surface area contributed by atoms with E-state index in [4.69, 9.17) is 0 Å². The third-order valence-corrected chi connectivity index (χ3v) is 2.81. The van der Waals surface area contributed by atoms with Crippen molar-refractivity contribution in [2.45, 2.75) is 20.4 Å². The van der Waals surface area contributed by atoms with E-state index in [1.54, 1.807) is 6.07 Å². The van der Waals surface area contributed by atoms with Gasteiger partial charge in [-0.1, -0.05) is 18.2 Å². The quantitative estimate of drug-likeness (QED) is 0.837. The molecule has 2 aromatic rings. The van der Waals surface area contributed by atoms with Crippen molar-refractivity contribution in [3.8, 4) is 0 Å². The van der Waals surface area contributed by atoms with Gasteiger partial charge < -0.3 is 5.32 Å². The maximum absolute atomic E-state index is 12.9. The molecule has 0 bridgehead atoms. The fourth-order valence-electron chi connectivity index (χ4n) is 1.81. The number of halogens is 1. The van der Waals surface area contributed by atoms with Gasteiger partial charge in [0.2, 0.25) is 0 Å². The van der Waals surface area contributed by atoms with E-state index in [2.05, 4.69) is 24.4 Å². The Kier molecular flexibility index (Phi) is 3.43. The molecule has 0 fully saturated rings. The van der Waals surface area contributed by atoms with Gasteiger partial charge in [-0.05, 0) is 54.8 Å². The lowest BCUT2D eigenvalue weighted by Crippen LogP contribution is -2.01. The van der Waals surface area contributed by atoms with Crippen LogP contribution in [0.25, 0.3) is 0 Å². The van der Waals surface area contributed by atoms with Crippen LogP contribution < -0.4 is 5.32 Å². The van der Waals surface area contributed by atoms with Gasteiger partial charge in [-0.2, -0.15) is 0 Å². The van der Waals surface area contributed by atoms with Crippen LogP contribution in [0.4, 0.5) is 10.1 Å². The molecule has 0 heterocycles. The van der Waals surface area contributed by atoms with Crippen LogP contribution in [-0.2, 0) is 6.54 Å². The lowest BCUT2D eigenvalue weighted by Gasteiger charge is -2.09. The minimum absolute atomic E-state index is 0.179. The molecule has 0 amide bonds. The van der Waals surface area contributed by atoms with Crippen molar-refractivity contribution in [2.24, 2.45) is 0 Å². The molecule has 0 radical (unpaired) electrons. The Morgan fingerprint density at radius 1 is 1.06 bits per heavy atom. The number of rotatable bonds is 3. The summed E-state index contributed by atoms with van der Waals surface area (Å²) in [5, 5.41) is 3.34. The highest BCUT2D eigenvalue weighted by atomic mass is 19.1. The van der Waals surface area contributed by atoms with Crippen LogP contribution in [0.5, 0.6) is 0 Å². The molecule has 17 heavy (non-hydrogen) atoms. The fourth-order valence-corrected chi connectivity index (χ4v) is 1.81. The molecule has 1 nitrogen and oxygen atoms in total. The molecule has 0 aliphatic carbocycles. The van der Waals surface area contributed by atoms with Crippen molar-refractivity contribution >= 4 is 5.69 Å². The van der Waals surface area contributed by atoms with Gasteiger partial charge >= 0.3 is 0 Å². The number of aryl methyl sites for hydroxylation is 2. The van der Waals surface area contributed by atoms with Crippen molar-refractivity contribution in [1.29, 1.82) is 0 Å². The van der Waals surface area contributed by atoms with E-state index >= 15 is 0 Å². The average Bonchev–Trinajstić information content (AvgIpc) is 2.28. The van der Waals surface area contributed by atoms with Gasteiger partial charge in [0.25, 0.3) is 0 Å². The number of benzene rings is 2. The molecular formula is C15H16FN. The molecule has 88 valence electrons. The lowest BCUT2D eigenvalue weighted by molar-refractivity contribution is 0.625. The molecule has 0 saturated heterocycles. The molecule has 0 spiro atoms. The highest BCUT2D eigenvalue weighted by Gasteiger charge is 2.00.